The molecule has 6 rings (SSSR count). The van der Waals surface area contributed by atoms with Crippen molar-refractivity contribution in [3.8, 4) is 11.5 Å². The van der Waals surface area contributed by atoms with Crippen molar-refractivity contribution in [3.63, 3.8) is 0 Å². The van der Waals surface area contributed by atoms with E-state index in [4.69, 9.17) is 4.74 Å². The van der Waals surface area contributed by atoms with E-state index in [1.807, 2.05) is 6.08 Å². The molecular weight excluding hydrogens is 516 g/mol. The van der Waals surface area contributed by atoms with Crippen molar-refractivity contribution in [2.45, 2.75) is 25.7 Å². The summed E-state index contributed by atoms with van der Waals surface area (Å²) in [5.41, 5.74) is 1.88. The molecule has 1 aliphatic heterocycles. The first-order valence-electron chi connectivity index (χ1n) is 12.8. The van der Waals surface area contributed by atoms with Crippen LogP contribution in [-0.4, -0.2) is 40.5 Å². The first-order chi connectivity index (χ1) is 19.1. The summed E-state index contributed by atoms with van der Waals surface area (Å²) in [6.45, 7) is 1.57. The Morgan fingerprint density at radius 2 is 1.75 bits per heavy atom. The quantitative estimate of drug-likeness (QED) is 0.202. The summed E-state index contributed by atoms with van der Waals surface area (Å²) in [5.74, 6) is -4.27. The van der Waals surface area contributed by atoms with Crippen LogP contribution in [0.25, 0.3) is 0 Å². The zero-order valence-corrected chi connectivity index (χ0v) is 21.6. The van der Waals surface area contributed by atoms with Crippen LogP contribution in [0.1, 0.15) is 31.2 Å². The highest BCUT2D eigenvalue weighted by Crippen LogP contribution is 2.57. The number of phenolic OH excluding ortho intramolecular Hbond substituents is 1. The van der Waals surface area contributed by atoms with Crippen LogP contribution in [0.5, 0.6) is 11.5 Å². The van der Waals surface area contributed by atoms with Gasteiger partial charge in [-0.1, -0.05) is 17.7 Å². The minimum absolute atomic E-state index is 0.0935. The number of carbonyl (C=O) groups is 4. The second kappa shape index (κ2) is 9.11. The molecule has 0 aromatic heterocycles. The molecular formula is C30H24N2O8. The third-order valence-corrected chi connectivity index (χ3v) is 8.44. The number of hydrogen-bond acceptors (Lipinski definition) is 8. The number of nitro groups is 1. The van der Waals surface area contributed by atoms with Crippen molar-refractivity contribution < 1.29 is 33.9 Å². The van der Waals surface area contributed by atoms with E-state index in [2.05, 4.69) is 0 Å². The van der Waals surface area contributed by atoms with E-state index < -0.39 is 40.4 Å². The number of ketones is 2. The number of allylic oxidation sites excluding steroid dienone is 6. The SMILES string of the molecule is COc1cccc(O)c1C1C2=CCC3C(=O)N(c4ccc([N+](=O)[O-])cc4)C(=O)C3C2CC2=C1C(=O)C(C)=CC2=O. The molecule has 0 saturated carbocycles. The van der Waals surface area contributed by atoms with E-state index in [0.717, 1.165) is 4.90 Å². The minimum atomic E-state index is -0.845. The van der Waals surface area contributed by atoms with Crippen molar-refractivity contribution in [1.29, 1.82) is 0 Å². The second-order valence-electron chi connectivity index (χ2n) is 10.4. The molecule has 1 saturated heterocycles. The third-order valence-electron chi connectivity index (χ3n) is 8.44. The van der Waals surface area contributed by atoms with Gasteiger partial charge in [-0.3, -0.25) is 34.2 Å². The second-order valence-corrected chi connectivity index (χ2v) is 10.4. The van der Waals surface area contributed by atoms with Gasteiger partial charge in [-0.2, -0.15) is 0 Å². The van der Waals surface area contributed by atoms with Crippen LogP contribution in [0, 0.1) is 27.9 Å². The molecule has 2 aromatic rings. The average molecular weight is 541 g/mol. The van der Waals surface area contributed by atoms with Crippen molar-refractivity contribution in [3.05, 3.63) is 92.6 Å². The number of imide groups is 1. The fourth-order valence-electron chi connectivity index (χ4n) is 6.67. The molecule has 202 valence electrons. The number of nitrogens with zero attached hydrogens (tertiary/aromatic N) is 2. The number of phenols is 1. The molecule has 4 atom stereocenters. The van der Waals surface area contributed by atoms with E-state index in [9.17, 15) is 34.4 Å². The van der Waals surface area contributed by atoms with E-state index in [1.54, 1.807) is 19.1 Å². The summed E-state index contributed by atoms with van der Waals surface area (Å²) in [6, 6.07) is 9.96. The van der Waals surface area contributed by atoms with Crippen LogP contribution >= 0.6 is 0 Å². The predicted molar refractivity (Wildman–Crippen MR) is 142 cm³/mol. The Balaban J connectivity index is 1.49. The van der Waals surface area contributed by atoms with Crippen molar-refractivity contribution >= 4 is 34.8 Å². The van der Waals surface area contributed by atoms with Crippen LogP contribution in [0.2, 0.25) is 0 Å². The van der Waals surface area contributed by atoms with Gasteiger partial charge in [-0.05, 0) is 56.0 Å². The number of fused-ring (bicyclic) bond motifs is 3. The highest BCUT2D eigenvalue weighted by atomic mass is 16.6. The summed E-state index contributed by atoms with van der Waals surface area (Å²) in [6.07, 6.45) is 3.45. The summed E-state index contributed by atoms with van der Waals surface area (Å²) < 4.78 is 5.56. The van der Waals surface area contributed by atoms with E-state index >= 15 is 0 Å². The molecule has 3 aliphatic carbocycles. The van der Waals surface area contributed by atoms with Crippen molar-refractivity contribution in [2.24, 2.45) is 17.8 Å². The molecule has 0 radical (unpaired) electrons. The Kier molecular flexibility index (Phi) is 5.79. The van der Waals surface area contributed by atoms with Crippen LogP contribution in [0.15, 0.2) is 76.9 Å². The Bertz CT molecular complexity index is 1630. The van der Waals surface area contributed by atoms with Crippen LogP contribution in [0.3, 0.4) is 0 Å². The molecule has 2 amide bonds. The Labute approximate surface area is 228 Å². The van der Waals surface area contributed by atoms with Gasteiger partial charge in [0, 0.05) is 40.3 Å². The van der Waals surface area contributed by atoms with Gasteiger partial charge in [0.15, 0.2) is 11.6 Å². The molecule has 1 heterocycles. The lowest BCUT2D eigenvalue weighted by molar-refractivity contribution is -0.384. The maximum atomic E-state index is 13.9. The number of carbonyl (C=O) groups excluding carboxylic acids is 4. The van der Waals surface area contributed by atoms with Gasteiger partial charge in [0.25, 0.3) is 5.69 Å². The van der Waals surface area contributed by atoms with Crippen molar-refractivity contribution in [1.82, 2.24) is 0 Å². The maximum Gasteiger partial charge on any atom is 0.269 e. The number of nitro benzene ring substituents is 1. The summed E-state index contributed by atoms with van der Waals surface area (Å²) in [4.78, 5) is 65.8. The number of methoxy groups -OCH3 is 1. The molecule has 1 fully saturated rings. The molecule has 4 aliphatic rings. The molecule has 4 unspecified atom stereocenters. The normalized spacial score (nSPS) is 25.7. The number of benzene rings is 2. The first-order valence-corrected chi connectivity index (χ1v) is 12.8. The molecule has 0 bridgehead atoms. The van der Waals surface area contributed by atoms with E-state index in [-0.39, 0.29) is 58.3 Å². The highest BCUT2D eigenvalue weighted by Gasteiger charge is 2.57. The third kappa shape index (κ3) is 3.55. The minimum Gasteiger partial charge on any atom is -0.507 e. The van der Waals surface area contributed by atoms with Crippen LogP contribution < -0.4 is 9.64 Å². The number of hydrogen-bond donors (Lipinski definition) is 1. The number of Topliss-reactive ketones (excluding diaryl/α,β-unsaturated/α-hetero) is 1. The molecule has 40 heavy (non-hydrogen) atoms. The topological polar surface area (TPSA) is 144 Å². The number of non-ortho nitro benzene ring substituents is 1. The zero-order chi connectivity index (χ0) is 28.5. The molecule has 10 nitrogen and oxygen atoms in total. The highest BCUT2D eigenvalue weighted by molar-refractivity contribution is 6.25. The monoisotopic (exact) mass is 540 g/mol. The smallest absolute Gasteiger partial charge is 0.269 e. The van der Waals surface area contributed by atoms with Gasteiger partial charge < -0.3 is 9.84 Å². The summed E-state index contributed by atoms with van der Waals surface area (Å²) >= 11 is 0. The maximum absolute atomic E-state index is 13.9. The number of anilines is 1. The zero-order valence-electron chi connectivity index (χ0n) is 21.6. The van der Waals surface area contributed by atoms with Crippen LogP contribution in [-0.2, 0) is 19.2 Å². The lowest BCUT2D eigenvalue weighted by Crippen LogP contribution is -2.40. The Morgan fingerprint density at radius 3 is 2.42 bits per heavy atom. The fourth-order valence-corrected chi connectivity index (χ4v) is 6.67. The number of rotatable bonds is 4. The van der Waals surface area contributed by atoms with Crippen molar-refractivity contribution in [2.75, 3.05) is 12.0 Å². The van der Waals surface area contributed by atoms with Gasteiger partial charge in [0.1, 0.15) is 11.5 Å². The van der Waals surface area contributed by atoms with Crippen LogP contribution in [0.4, 0.5) is 11.4 Å². The standard InChI is InChI=1S/C30H24N2O8/c1-14-12-22(34)20-13-19-17(25(26(20)28(14)35)27-21(33)4-3-5-23(27)40-2)10-11-18-24(19)30(37)31(29(18)36)15-6-8-16(9-7-15)32(38)39/h3-10,12,18-19,24-25,33H,11,13H2,1-2H3. The largest absolute Gasteiger partial charge is 0.507 e. The molecule has 10 heteroatoms. The lowest BCUT2D eigenvalue weighted by Gasteiger charge is -2.42. The van der Waals surface area contributed by atoms with Gasteiger partial charge in [0.2, 0.25) is 11.8 Å². The average Bonchev–Trinajstić information content (AvgIpc) is 3.20. The summed E-state index contributed by atoms with van der Waals surface area (Å²) in [5, 5.41) is 22.1. The number of amides is 2. The summed E-state index contributed by atoms with van der Waals surface area (Å²) in [7, 11) is 1.44. The fraction of sp³-hybridized carbons (Fsp3) is 0.267. The lowest BCUT2D eigenvalue weighted by atomic mass is 9.59. The first kappa shape index (κ1) is 25.4. The number of ether oxygens (including phenoxy) is 1. The van der Waals surface area contributed by atoms with Gasteiger partial charge in [0.05, 0.1) is 29.6 Å². The number of aromatic hydroxyl groups is 1. The van der Waals surface area contributed by atoms with Gasteiger partial charge >= 0.3 is 0 Å². The van der Waals surface area contributed by atoms with Gasteiger partial charge in [-0.15, -0.1) is 0 Å². The predicted octanol–water partition coefficient (Wildman–Crippen LogP) is 3.94. The molecule has 2 aromatic carbocycles. The Hall–Kier alpha value is -4.86. The molecule has 0 spiro atoms. The molecule has 1 N–H and O–H groups in total. The Morgan fingerprint density at radius 1 is 1.02 bits per heavy atom. The van der Waals surface area contributed by atoms with E-state index in [1.165, 1.54) is 43.5 Å². The van der Waals surface area contributed by atoms with E-state index in [0.29, 0.717) is 16.9 Å². The van der Waals surface area contributed by atoms with Gasteiger partial charge in [-0.25, -0.2) is 0 Å².